The molecule has 1 aliphatic heterocycles. The lowest BCUT2D eigenvalue weighted by atomic mass is 9.91. The van der Waals surface area contributed by atoms with E-state index < -0.39 is 37.7 Å². The van der Waals surface area contributed by atoms with Crippen LogP contribution in [0.25, 0.3) is 10.9 Å². The van der Waals surface area contributed by atoms with Gasteiger partial charge in [-0.15, -0.1) is 0 Å². The van der Waals surface area contributed by atoms with Gasteiger partial charge in [0.05, 0.1) is 16.1 Å². The lowest BCUT2D eigenvalue weighted by molar-refractivity contribution is -0.121. The number of benzene rings is 2. The van der Waals surface area contributed by atoms with Gasteiger partial charge in [-0.25, -0.2) is 18.1 Å². The number of urea groups is 1. The summed E-state index contributed by atoms with van der Waals surface area (Å²) in [4.78, 5) is 30.0. The first kappa shape index (κ1) is 23.5. The summed E-state index contributed by atoms with van der Waals surface area (Å²) in [6.07, 6.45) is 1.73. The number of nitrogens with zero attached hydrogens (tertiary/aromatic N) is 2. The van der Waals surface area contributed by atoms with Crippen LogP contribution in [0.4, 0.5) is 29.3 Å². The number of imide groups is 1. The number of hydrogen-bond donors (Lipinski definition) is 2. The van der Waals surface area contributed by atoms with Crippen molar-refractivity contribution in [2.75, 3.05) is 17.3 Å². The molecular weight excluding hydrogens is 473 g/mol. The van der Waals surface area contributed by atoms with Crippen molar-refractivity contribution in [1.82, 2.24) is 10.3 Å². The van der Waals surface area contributed by atoms with Crippen LogP contribution in [0, 0.1) is 0 Å². The van der Waals surface area contributed by atoms with Gasteiger partial charge in [0.15, 0.2) is 0 Å². The van der Waals surface area contributed by atoms with E-state index in [1.54, 1.807) is 26.2 Å². The van der Waals surface area contributed by atoms with Gasteiger partial charge in [-0.1, -0.05) is 6.07 Å². The number of sulfone groups is 1. The second-order valence-electron chi connectivity index (χ2n) is 7.97. The molecule has 1 fully saturated rings. The Morgan fingerprint density at radius 1 is 1.09 bits per heavy atom. The third-order valence-corrected chi connectivity index (χ3v) is 7.14. The monoisotopic (exact) mass is 492 g/mol. The fourth-order valence-corrected chi connectivity index (χ4v) is 4.61. The Kier molecular flexibility index (Phi) is 5.51. The van der Waals surface area contributed by atoms with Crippen LogP contribution >= 0.6 is 0 Å². The Labute approximate surface area is 192 Å². The van der Waals surface area contributed by atoms with Crippen molar-refractivity contribution in [2.45, 2.75) is 29.3 Å². The lowest BCUT2D eigenvalue weighted by Gasteiger charge is -2.22. The molecule has 1 atom stereocenters. The van der Waals surface area contributed by atoms with Crippen LogP contribution in [0.1, 0.15) is 12.5 Å². The molecule has 0 spiro atoms. The van der Waals surface area contributed by atoms with Crippen LogP contribution < -0.4 is 15.5 Å². The molecule has 0 radical (unpaired) electrons. The highest BCUT2D eigenvalue weighted by Gasteiger charge is 2.49. The van der Waals surface area contributed by atoms with Gasteiger partial charge in [0.1, 0.15) is 5.54 Å². The van der Waals surface area contributed by atoms with E-state index in [9.17, 15) is 31.2 Å². The zero-order chi connectivity index (χ0) is 24.9. The van der Waals surface area contributed by atoms with Gasteiger partial charge in [0.2, 0.25) is 0 Å². The standard InChI is InChI=1S/C22H19F3N4O4S/c1-21(12-13-9-10-27-18-11-14(26-2)3-8-17(13)18)19(30)29(20(31)28-21)15-4-6-16(7-5-15)34(32,33)22(23,24)25/h3-11,26H,12H2,1-2H3,(H,28,31). The summed E-state index contributed by atoms with van der Waals surface area (Å²) in [6, 6.07) is 9.93. The Balaban J connectivity index is 1.64. The highest BCUT2D eigenvalue weighted by atomic mass is 32.2. The molecule has 3 aromatic rings. The number of carbonyl (C=O) groups excluding carboxylic acids is 2. The van der Waals surface area contributed by atoms with E-state index in [-0.39, 0.29) is 12.1 Å². The second-order valence-corrected chi connectivity index (χ2v) is 9.92. The molecule has 0 bridgehead atoms. The molecule has 8 nitrogen and oxygen atoms in total. The maximum Gasteiger partial charge on any atom is 0.501 e. The van der Waals surface area contributed by atoms with Crippen molar-refractivity contribution in [3.63, 3.8) is 0 Å². The quantitative estimate of drug-likeness (QED) is 0.527. The van der Waals surface area contributed by atoms with Crippen molar-refractivity contribution < 1.29 is 31.2 Å². The SMILES string of the molecule is CNc1ccc2c(CC3(C)NC(=O)N(c4ccc(S(=O)(=O)C(F)(F)F)cc4)C3=O)ccnc2c1. The van der Waals surface area contributed by atoms with Crippen LogP contribution in [0.2, 0.25) is 0 Å². The molecule has 178 valence electrons. The number of halogens is 3. The van der Waals surface area contributed by atoms with E-state index in [2.05, 4.69) is 15.6 Å². The highest BCUT2D eigenvalue weighted by Crippen LogP contribution is 2.33. The van der Waals surface area contributed by atoms with Crippen LogP contribution in [0.3, 0.4) is 0 Å². The van der Waals surface area contributed by atoms with Crippen molar-refractivity contribution in [3.05, 3.63) is 60.3 Å². The molecule has 1 saturated heterocycles. The smallest absolute Gasteiger partial charge is 0.388 e. The summed E-state index contributed by atoms with van der Waals surface area (Å²) >= 11 is 0. The topological polar surface area (TPSA) is 108 Å². The minimum absolute atomic E-state index is 0.0504. The summed E-state index contributed by atoms with van der Waals surface area (Å²) in [5, 5.41) is 6.46. The zero-order valence-electron chi connectivity index (χ0n) is 18.0. The number of anilines is 2. The van der Waals surface area contributed by atoms with E-state index in [0.29, 0.717) is 17.6 Å². The number of carbonyl (C=O) groups is 2. The molecule has 2 heterocycles. The maximum absolute atomic E-state index is 13.2. The van der Waals surface area contributed by atoms with Gasteiger partial charge in [0.25, 0.3) is 15.7 Å². The van der Waals surface area contributed by atoms with Crippen LogP contribution in [-0.4, -0.2) is 43.4 Å². The normalized spacial score (nSPS) is 18.9. The number of alkyl halides is 3. The highest BCUT2D eigenvalue weighted by molar-refractivity contribution is 7.92. The summed E-state index contributed by atoms with van der Waals surface area (Å²) in [5.41, 5.74) is -4.54. The lowest BCUT2D eigenvalue weighted by Crippen LogP contribution is -2.46. The molecule has 12 heteroatoms. The average Bonchev–Trinajstić information content (AvgIpc) is 3.00. The molecule has 3 amide bonds. The third kappa shape index (κ3) is 3.83. The minimum atomic E-state index is -5.55. The van der Waals surface area contributed by atoms with Crippen molar-refractivity contribution in [1.29, 1.82) is 0 Å². The van der Waals surface area contributed by atoms with Crippen molar-refractivity contribution in [3.8, 4) is 0 Å². The van der Waals surface area contributed by atoms with Gasteiger partial charge < -0.3 is 10.6 Å². The number of amides is 3. The number of rotatable bonds is 5. The second kappa shape index (κ2) is 7.97. The number of aromatic nitrogens is 1. The van der Waals surface area contributed by atoms with Crippen LogP contribution in [0.5, 0.6) is 0 Å². The molecule has 0 saturated carbocycles. The van der Waals surface area contributed by atoms with Crippen LogP contribution in [0.15, 0.2) is 59.6 Å². The van der Waals surface area contributed by atoms with E-state index >= 15 is 0 Å². The Morgan fingerprint density at radius 2 is 1.76 bits per heavy atom. The summed E-state index contributed by atoms with van der Waals surface area (Å²) in [7, 11) is -3.77. The van der Waals surface area contributed by atoms with E-state index in [0.717, 1.165) is 33.7 Å². The first-order chi connectivity index (χ1) is 15.9. The molecule has 1 aromatic heterocycles. The predicted molar refractivity (Wildman–Crippen MR) is 119 cm³/mol. The third-order valence-electron chi connectivity index (χ3n) is 5.64. The fraction of sp³-hybridized carbons (Fsp3) is 0.227. The number of hydrogen-bond acceptors (Lipinski definition) is 6. The minimum Gasteiger partial charge on any atom is -0.388 e. The molecule has 0 aliphatic carbocycles. The van der Waals surface area contributed by atoms with Gasteiger partial charge in [-0.3, -0.25) is 9.78 Å². The Bertz CT molecular complexity index is 1410. The summed E-state index contributed by atoms with van der Waals surface area (Å²) in [5.74, 6) is -0.624. The molecule has 2 aromatic carbocycles. The molecule has 1 unspecified atom stereocenters. The predicted octanol–water partition coefficient (Wildman–Crippen LogP) is 3.63. The average molecular weight is 492 g/mol. The van der Waals surface area contributed by atoms with Crippen molar-refractivity contribution >= 4 is 44.1 Å². The first-order valence-corrected chi connectivity index (χ1v) is 11.5. The van der Waals surface area contributed by atoms with Gasteiger partial charge in [-0.05, 0) is 55.0 Å². The van der Waals surface area contributed by atoms with Crippen LogP contribution in [-0.2, 0) is 21.1 Å². The van der Waals surface area contributed by atoms with E-state index in [1.807, 2.05) is 18.2 Å². The first-order valence-electron chi connectivity index (χ1n) is 10.0. The molecule has 4 rings (SSSR count). The van der Waals surface area contributed by atoms with E-state index in [4.69, 9.17) is 0 Å². The molecule has 2 N–H and O–H groups in total. The largest absolute Gasteiger partial charge is 0.501 e. The van der Waals surface area contributed by atoms with E-state index in [1.165, 1.54) is 0 Å². The fourth-order valence-electron chi connectivity index (χ4n) is 3.84. The number of pyridine rings is 1. The maximum atomic E-state index is 13.2. The van der Waals surface area contributed by atoms with Gasteiger partial charge in [-0.2, -0.15) is 13.2 Å². The molecular formula is C22H19F3N4O4S. The molecule has 34 heavy (non-hydrogen) atoms. The van der Waals surface area contributed by atoms with Crippen molar-refractivity contribution in [2.24, 2.45) is 0 Å². The molecule has 1 aliphatic rings. The Morgan fingerprint density at radius 3 is 2.38 bits per heavy atom. The zero-order valence-corrected chi connectivity index (χ0v) is 18.8. The Hall–Kier alpha value is -3.67. The number of fused-ring (bicyclic) bond motifs is 1. The van der Waals surface area contributed by atoms with Gasteiger partial charge in [0, 0.05) is 30.7 Å². The van der Waals surface area contributed by atoms with Gasteiger partial charge >= 0.3 is 11.5 Å². The summed E-state index contributed by atoms with van der Waals surface area (Å²) in [6.45, 7) is 1.55. The summed E-state index contributed by atoms with van der Waals surface area (Å²) < 4.78 is 61.5. The number of nitrogens with one attached hydrogen (secondary N) is 2.